The molecule has 5 heteroatoms. The Labute approximate surface area is 126 Å². The fraction of sp³-hybridized carbons (Fsp3) is 0.0588. The van der Waals surface area contributed by atoms with E-state index in [1.165, 1.54) is 0 Å². The van der Waals surface area contributed by atoms with Crippen molar-refractivity contribution < 1.29 is 4.79 Å². The summed E-state index contributed by atoms with van der Waals surface area (Å²) in [6.07, 6.45) is 1.86. The number of anilines is 1. The van der Waals surface area contributed by atoms with E-state index in [1.54, 1.807) is 16.7 Å². The van der Waals surface area contributed by atoms with Crippen LogP contribution < -0.4 is 5.73 Å². The number of aryl methyl sites for hydroxylation is 1. The molecule has 0 fully saturated rings. The predicted octanol–water partition coefficient (Wildman–Crippen LogP) is 3.10. The Kier molecular flexibility index (Phi) is 2.56. The highest BCUT2D eigenvalue weighted by Gasteiger charge is 2.16. The molecule has 0 aliphatic heterocycles. The molecular weight excluding hydrogens is 276 g/mol. The summed E-state index contributed by atoms with van der Waals surface area (Å²) in [4.78, 5) is 20.4. The molecule has 0 aliphatic carbocycles. The van der Waals surface area contributed by atoms with E-state index in [0.29, 0.717) is 17.1 Å². The van der Waals surface area contributed by atoms with Crippen molar-refractivity contribution in [2.24, 2.45) is 0 Å². The fourth-order valence-electron chi connectivity index (χ4n) is 2.78. The maximum atomic E-state index is 12.9. The molecule has 0 aliphatic rings. The lowest BCUT2D eigenvalue weighted by atomic mass is 10.1. The van der Waals surface area contributed by atoms with Gasteiger partial charge in [-0.1, -0.05) is 6.07 Å². The maximum Gasteiger partial charge on any atom is 0.263 e. The first kappa shape index (κ1) is 12.6. The largest absolute Gasteiger partial charge is 0.399 e. The predicted molar refractivity (Wildman–Crippen MR) is 86.9 cm³/mol. The highest BCUT2D eigenvalue weighted by atomic mass is 16.2. The number of aromatic amines is 1. The number of nitrogen functional groups attached to an aromatic ring is 1. The number of fused-ring (bicyclic) bond motifs is 2. The van der Waals surface area contributed by atoms with Crippen molar-refractivity contribution in [1.29, 1.82) is 0 Å². The Morgan fingerprint density at radius 2 is 2.05 bits per heavy atom. The van der Waals surface area contributed by atoms with Crippen LogP contribution in [-0.2, 0) is 0 Å². The second kappa shape index (κ2) is 4.46. The number of imidazole rings is 1. The molecule has 2 aromatic heterocycles. The Hall–Kier alpha value is -3.08. The van der Waals surface area contributed by atoms with E-state index in [0.717, 1.165) is 21.9 Å². The van der Waals surface area contributed by atoms with Crippen LogP contribution in [0.25, 0.3) is 21.9 Å². The number of carbonyl (C=O) groups is 1. The number of hydrogen-bond donors (Lipinski definition) is 2. The van der Waals surface area contributed by atoms with Gasteiger partial charge in [-0.2, -0.15) is 0 Å². The molecule has 0 saturated heterocycles. The van der Waals surface area contributed by atoms with Crippen molar-refractivity contribution in [3.8, 4) is 0 Å². The molecule has 3 N–H and O–H groups in total. The fourth-order valence-corrected chi connectivity index (χ4v) is 2.78. The molecular formula is C17H14N4O. The smallest absolute Gasteiger partial charge is 0.263 e. The molecule has 0 radical (unpaired) electrons. The van der Waals surface area contributed by atoms with E-state index in [2.05, 4.69) is 9.97 Å². The van der Waals surface area contributed by atoms with Crippen LogP contribution >= 0.6 is 0 Å². The first-order valence-electron chi connectivity index (χ1n) is 7.00. The standard InChI is InChI=1S/C17H14N4O/c1-10-20-15-9-13(18)4-5-16(15)21(10)17(22)12-3-2-11-6-7-19-14(11)8-12/h2-9,19H,18H2,1H3. The summed E-state index contributed by atoms with van der Waals surface area (Å²) in [5.74, 6) is 0.554. The SMILES string of the molecule is Cc1nc2cc(N)ccc2n1C(=O)c1ccc2cc[nH]c2c1. The van der Waals surface area contributed by atoms with E-state index >= 15 is 0 Å². The van der Waals surface area contributed by atoms with Crippen molar-refractivity contribution in [3.63, 3.8) is 0 Å². The van der Waals surface area contributed by atoms with Gasteiger partial charge in [-0.25, -0.2) is 4.98 Å². The normalized spacial score (nSPS) is 11.3. The van der Waals surface area contributed by atoms with Crippen molar-refractivity contribution in [2.75, 3.05) is 5.73 Å². The molecule has 4 rings (SSSR count). The molecule has 0 amide bonds. The first-order valence-corrected chi connectivity index (χ1v) is 7.00. The summed E-state index contributed by atoms with van der Waals surface area (Å²) in [5, 5.41) is 1.08. The maximum absolute atomic E-state index is 12.9. The van der Waals surface area contributed by atoms with Gasteiger partial charge < -0.3 is 10.7 Å². The number of rotatable bonds is 1. The molecule has 108 valence electrons. The molecule has 2 aromatic carbocycles. The Bertz CT molecular complexity index is 1030. The van der Waals surface area contributed by atoms with Gasteiger partial charge in [0.05, 0.1) is 11.0 Å². The van der Waals surface area contributed by atoms with E-state index in [4.69, 9.17) is 5.73 Å². The van der Waals surface area contributed by atoms with Crippen LogP contribution in [0.1, 0.15) is 16.2 Å². The van der Waals surface area contributed by atoms with Gasteiger partial charge in [0.25, 0.3) is 5.91 Å². The highest BCUT2D eigenvalue weighted by Crippen LogP contribution is 2.21. The van der Waals surface area contributed by atoms with E-state index in [1.807, 2.05) is 43.5 Å². The average molecular weight is 290 g/mol. The van der Waals surface area contributed by atoms with Crippen LogP contribution in [0.3, 0.4) is 0 Å². The molecule has 2 heterocycles. The van der Waals surface area contributed by atoms with Gasteiger partial charge in [0, 0.05) is 23.0 Å². The number of aromatic nitrogens is 3. The summed E-state index contributed by atoms with van der Waals surface area (Å²) >= 11 is 0. The molecule has 22 heavy (non-hydrogen) atoms. The minimum absolute atomic E-state index is 0.0960. The number of nitrogens with one attached hydrogen (secondary N) is 1. The quantitative estimate of drug-likeness (QED) is 0.529. The van der Waals surface area contributed by atoms with Gasteiger partial charge in [-0.05, 0) is 48.7 Å². The average Bonchev–Trinajstić information content (AvgIpc) is 3.08. The highest BCUT2D eigenvalue weighted by molar-refractivity contribution is 6.04. The molecule has 0 saturated carbocycles. The van der Waals surface area contributed by atoms with Gasteiger partial charge >= 0.3 is 0 Å². The van der Waals surface area contributed by atoms with Gasteiger partial charge in [-0.15, -0.1) is 0 Å². The van der Waals surface area contributed by atoms with Gasteiger partial charge in [-0.3, -0.25) is 9.36 Å². The molecule has 0 atom stereocenters. The third-order valence-electron chi connectivity index (χ3n) is 3.85. The number of carbonyl (C=O) groups excluding carboxylic acids is 1. The zero-order valence-corrected chi connectivity index (χ0v) is 12.0. The first-order chi connectivity index (χ1) is 10.6. The van der Waals surface area contributed by atoms with Gasteiger partial charge in [0.2, 0.25) is 0 Å². The lowest BCUT2D eigenvalue weighted by Crippen LogP contribution is -2.13. The number of nitrogens with two attached hydrogens (primary N) is 1. The molecule has 0 unspecified atom stereocenters. The van der Waals surface area contributed by atoms with Crippen LogP contribution in [0.15, 0.2) is 48.7 Å². The van der Waals surface area contributed by atoms with Crippen LogP contribution in [0, 0.1) is 6.92 Å². The van der Waals surface area contributed by atoms with Gasteiger partial charge in [0.1, 0.15) is 5.82 Å². The van der Waals surface area contributed by atoms with Crippen LogP contribution in [0.2, 0.25) is 0 Å². The number of H-pyrrole nitrogens is 1. The second-order valence-electron chi connectivity index (χ2n) is 5.33. The van der Waals surface area contributed by atoms with E-state index in [9.17, 15) is 4.79 Å². The van der Waals surface area contributed by atoms with Crippen molar-refractivity contribution in [2.45, 2.75) is 6.92 Å². The minimum Gasteiger partial charge on any atom is -0.399 e. The second-order valence-corrected chi connectivity index (χ2v) is 5.33. The van der Waals surface area contributed by atoms with Crippen LogP contribution in [0.4, 0.5) is 5.69 Å². The number of benzene rings is 2. The van der Waals surface area contributed by atoms with Crippen LogP contribution in [-0.4, -0.2) is 20.4 Å². The Morgan fingerprint density at radius 1 is 1.18 bits per heavy atom. The van der Waals surface area contributed by atoms with Crippen molar-refractivity contribution >= 4 is 33.5 Å². The number of hydrogen-bond acceptors (Lipinski definition) is 3. The lowest BCUT2D eigenvalue weighted by molar-refractivity contribution is 0.0962. The van der Waals surface area contributed by atoms with Gasteiger partial charge in [0.15, 0.2) is 0 Å². The summed E-state index contributed by atoms with van der Waals surface area (Å²) < 4.78 is 1.62. The third-order valence-corrected chi connectivity index (χ3v) is 3.85. The molecule has 5 nitrogen and oxygen atoms in total. The summed E-state index contributed by atoms with van der Waals surface area (Å²) in [5.41, 5.74) is 9.48. The monoisotopic (exact) mass is 290 g/mol. The third kappa shape index (κ3) is 1.79. The minimum atomic E-state index is -0.0960. The van der Waals surface area contributed by atoms with E-state index < -0.39 is 0 Å². The van der Waals surface area contributed by atoms with Crippen molar-refractivity contribution in [3.05, 3.63) is 60.0 Å². The zero-order valence-electron chi connectivity index (χ0n) is 12.0. The Balaban J connectivity index is 1.90. The Morgan fingerprint density at radius 3 is 2.91 bits per heavy atom. The molecule has 0 bridgehead atoms. The lowest BCUT2D eigenvalue weighted by Gasteiger charge is -2.06. The summed E-state index contributed by atoms with van der Waals surface area (Å²) in [7, 11) is 0. The number of nitrogens with zero attached hydrogens (tertiary/aromatic N) is 2. The van der Waals surface area contributed by atoms with E-state index in [-0.39, 0.29) is 5.91 Å². The zero-order chi connectivity index (χ0) is 15.3. The van der Waals surface area contributed by atoms with Crippen LogP contribution in [0.5, 0.6) is 0 Å². The molecule has 4 aromatic rings. The summed E-state index contributed by atoms with van der Waals surface area (Å²) in [6, 6.07) is 13.0. The summed E-state index contributed by atoms with van der Waals surface area (Å²) in [6.45, 7) is 1.82. The van der Waals surface area contributed by atoms with Crippen molar-refractivity contribution in [1.82, 2.24) is 14.5 Å². The molecule has 0 spiro atoms. The topological polar surface area (TPSA) is 76.7 Å².